The van der Waals surface area contributed by atoms with Crippen LogP contribution < -0.4 is 20.7 Å². The van der Waals surface area contributed by atoms with Crippen LogP contribution in [-0.2, 0) is 9.59 Å². The molecule has 0 saturated heterocycles. The van der Waals surface area contributed by atoms with E-state index in [4.69, 9.17) is 10.5 Å². The van der Waals surface area contributed by atoms with Crippen molar-refractivity contribution in [2.45, 2.75) is 53.2 Å². The maximum absolute atomic E-state index is 13.0. The van der Waals surface area contributed by atoms with E-state index in [2.05, 4.69) is 10.3 Å². The number of ether oxygens (including phenoxy) is 1. The molecule has 1 atom stereocenters. The van der Waals surface area contributed by atoms with Crippen LogP contribution in [0.4, 0.5) is 17.3 Å². The molecule has 2 heterocycles. The lowest BCUT2D eigenvalue weighted by molar-refractivity contribution is -0.134. The van der Waals surface area contributed by atoms with Crippen molar-refractivity contribution in [1.29, 1.82) is 0 Å². The predicted octanol–water partition coefficient (Wildman–Crippen LogP) is 3.12. The van der Waals surface area contributed by atoms with Gasteiger partial charge in [0, 0.05) is 5.69 Å². The van der Waals surface area contributed by atoms with E-state index < -0.39 is 11.6 Å². The number of anilines is 3. The average molecular weight is 382 g/mol. The molecule has 3 rings (SSSR count). The Kier molecular flexibility index (Phi) is 4.79. The molecule has 2 aromatic rings. The van der Waals surface area contributed by atoms with E-state index >= 15 is 0 Å². The van der Waals surface area contributed by atoms with E-state index in [1.807, 2.05) is 32.9 Å². The summed E-state index contributed by atoms with van der Waals surface area (Å²) in [5.41, 5.74) is 8.50. The summed E-state index contributed by atoms with van der Waals surface area (Å²) < 4.78 is 5.78. The van der Waals surface area contributed by atoms with E-state index in [-0.39, 0.29) is 23.5 Å². The Balaban J connectivity index is 1.97. The number of aromatic nitrogens is 1. The fourth-order valence-electron chi connectivity index (χ4n) is 3.49. The second-order valence-corrected chi connectivity index (χ2v) is 7.78. The van der Waals surface area contributed by atoms with Gasteiger partial charge in [0.1, 0.15) is 11.9 Å². The number of nitrogen functional groups attached to an aromatic ring is 1. The molecule has 148 valence electrons. The largest absolute Gasteiger partial charge is 0.474 e. The predicted molar refractivity (Wildman–Crippen MR) is 110 cm³/mol. The molecule has 0 spiro atoms. The molecule has 28 heavy (non-hydrogen) atoms. The highest BCUT2D eigenvalue weighted by Gasteiger charge is 2.45. The van der Waals surface area contributed by atoms with Crippen molar-refractivity contribution in [2.24, 2.45) is 0 Å². The van der Waals surface area contributed by atoms with E-state index in [1.54, 1.807) is 32.9 Å². The first-order valence-electron chi connectivity index (χ1n) is 9.19. The second kappa shape index (κ2) is 6.82. The fourth-order valence-corrected chi connectivity index (χ4v) is 3.49. The highest BCUT2D eigenvalue weighted by atomic mass is 16.5. The number of carbonyl (C=O) groups excluding carboxylic acids is 2. The molecule has 7 heteroatoms. The van der Waals surface area contributed by atoms with Crippen molar-refractivity contribution < 1.29 is 14.3 Å². The van der Waals surface area contributed by atoms with Crippen LogP contribution in [0.3, 0.4) is 0 Å². The molecule has 0 saturated carbocycles. The molecule has 1 aromatic carbocycles. The minimum atomic E-state index is -1.12. The monoisotopic (exact) mass is 382 g/mol. The van der Waals surface area contributed by atoms with Crippen molar-refractivity contribution in [1.82, 2.24) is 4.98 Å². The number of carbonyl (C=O) groups is 2. The van der Waals surface area contributed by atoms with Crippen LogP contribution in [0.2, 0.25) is 0 Å². The van der Waals surface area contributed by atoms with Gasteiger partial charge in [-0.25, -0.2) is 4.98 Å². The standard InChI is InChI=1S/C21H26N4O3/c1-11-9-12(2)17(13(3)10-11)24-19(26)14(4)25-18-15(7-8-16(22)23-18)28-21(5,6)20(25)27/h7-10,14H,1-6H3,(H2,22,23)(H,24,26). The lowest BCUT2D eigenvalue weighted by Crippen LogP contribution is -2.58. The number of nitrogens with zero attached hydrogens (tertiary/aromatic N) is 2. The highest BCUT2D eigenvalue weighted by Crippen LogP contribution is 2.38. The Morgan fingerprint density at radius 2 is 1.82 bits per heavy atom. The Bertz CT molecular complexity index is 945. The summed E-state index contributed by atoms with van der Waals surface area (Å²) >= 11 is 0. The summed E-state index contributed by atoms with van der Waals surface area (Å²) in [4.78, 5) is 31.7. The number of amides is 2. The quantitative estimate of drug-likeness (QED) is 0.850. The number of hydrogen-bond donors (Lipinski definition) is 2. The number of nitrogens with two attached hydrogens (primary N) is 1. The smallest absolute Gasteiger partial charge is 0.272 e. The summed E-state index contributed by atoms with van der Waals surface area (Å²) in [6.07, 6.45) is 0. The lowest BCUT2D eigenvalue weighted by Gasteiger charge is -2.40. The van der Waals surface area contributed by atoms with Gasteiger partial charge in [-0.2, -0.15) is 0 Å². The molecule has 2 amide bonds. The summed E-state index contributed by atoms with van der Waals surface area (Å²) in [5.74, 6) is 0.262. The zero-order valence-electron chi connectivity index (χ0n) is 17.1. The van der Waals surface area contributed by atoms with Crippen LogP contribution in [0.1, 0.15) is 37.5 Å². The minimum absolute atomic E-state index is 0.248. The second-order valence-electron chi connectivity index (χ2n) is 7.78. The average Bonchev–Trinajstić information content (AvgIpc) is 2.59. The summed E-state index contributed by atoms with van der Waals surface area (Å²) in [6, 6.07) is 6.48. The summed E-state index contributed by atoms with van der Waals surface area (Å²) in [6.45, 7) is 10.9. The van der Waals surface area contributed by atoms with Crippen molar-refractivity contribution in [3.05, 3.63) is 41.0 Å². The fraction of sp³-hybridized carbons (Fsp3) is 0.381. The first kappa shape index (κ1) is 19.7. The lowest BCUT2D eigenvalue weighted by atomic mass is 10.0. The highest BCUT2D eigenvalue weighted by molar-refractivity contribution is 6.09. The molecular weight excluding hydrogens is 356 g/mol. The van der Waals surface area contributed by atoms with Gasteiger partial charge in [-0.3, -0.25) is 14.5 Å². The number of rotatable bonds is 3. The number of pyridine rings is 1. The number of aryl methyl sites for hydroxylation is 3. The Morgan fingerprint density at radius 3 is 2.43 bits per heavy atom. The van der Waals surface area contributed by atoms with Gasteiger partial charge in [-0.1, -0.05) is 17.7 Å². The Morgan fingerprint density at radius 1 is 1.21 bits per heavy atom. The van der Waals surface area contributed by atoms with Gasteiger partial charge in [0.15, 0.2) is 17.2 Å². The number of fused-ring (bicyclic) bond motifs is 1. The third-order valence-electron chi connectivity index (χ3n) is 4.88. The molecule has 3 N–H and O–H groups in total. The molecule has 1 aromatic heterocycles. The molecule has 0 radical (unpaired) electrons. The summed E-state index contributed by atoms with van der Waals surface area (Å²) in [5, 5.41) is 2.96. The van der Waals surface area contributed by atoms with Gasteiger partial charge in [0.2, 0.25) is 5.91 Å². The van der Waals surface area contributed by atoms with Crippen molar-refractivity contribution in [3.8, 4) is 5.75 Å². The molecule has 0 bridgehead atoms. The van der Waals surface area contributed by atoms with Gasteiger partial charge in [-0.05, 0) is 64.8 Å². The van der Waals surface area contributed by atoms with E-state index in [0.29, 0.717) is 5.75 Å². The molecular formula is C21H26N4O3. The van der Waals surface area contributed by atoms with Crippen molar-refractivity contribution in [3.63, 3.8) is 0 Å². The zero-order chi connectivity index (χ0) is 20.8. The van der Waals surface area contributed by atoms with Gasteiger partial charge in [-0.15, -0.1) is 0 Å². The number of benzene rings is 1. The first-order valence-corrected chi connectivity index (χ1v) is 9.19. The third kappa shape index (κ3) is 3.40. The van der Waals surface area contributed by atoms with Crippen LogP contribution in [0.15, 0.2) is 24.3 Å². The van der Waals surface area contributed by atoms with Gasteiger partial charge in [0.05, 0.1) is 0 Å². The molecule has 1 aliphatic heterocycles. The van der Waals surface area contributed by atoms with E-state index in [9.17, 15) is 9.59 Å². The molecule has 7 nitrogen and oxygen atoms in total. The molecule has 0 fully saturated rings. The molecule has 0 aliphatic carbocycles. The van der Waals surface area contributed by atoms with Crippen LogP contribution in [-0.4, -0.2) is 28.4 Å². The van der Waals surface area contributed by atoms with Gasteiger partial charge in [0.25, 0.3) is 5.91 Å². The number of hydrogen-bond acceptors (Lipinski definition) is 5. The van der Waals surface area contributed by atoms with Crippen LogP contribution >= 0.6 is 0 Å². The van der Waals surface area contributed by atoms with Crippen LogP contribution in [0.25, 0.3) is 0 Å². The Labute approximate surface area is 164 Å². The topological polar surface area (TPSA) is 97.5 Å². The zero-order valence-corrected chi connectivity index (χ0v) is 17.1. The van der Waals surface area contributed by atoms with Gasteiger partial charge < -0.3 is 15.8 Å². The van der Waals surface area contributed by atoms with E-state index in [1.165, 1.54) is 4.90 Å². The van der Waals surface area contributed by atoms with Gasteiger partial charge >= 0.3 is 0 Å². The molecule has 1 aliphatic rings. The van der Waals surface area contributed by atoms with Crippen LogP contribution in [0, 0.1) is 20.8 Å². The number of nitrogens with one attached hydrogen (secondary N) is 1. The first-order chi connectivity index (χ1) is 13.0. The minimum Gasteiger partial charge on any atom is -0.474 e. The SMILES string of the molecule is Cc1cc(C)c(NC(=O)C(C)N2C(=O)C(C)(C)Oc3ccc(N)nc32)c(C)c1. The molecule has 1 unspecified atom stereocenters. The van der Waals surface area contributed by atoms with Crippen LogP contribution in [0.5, 0.6) is 5.75 Å². The van der Waals surface area contributed by atoms with Crippen molar-refractivity contribution in [2.75, 3.05) is 16.0 Å². The van der Waals surface area contributed by atoms with Crippen molar-refractivity contribution >= 4 is 29.1 Å². The maximum Gasteiger partial charge on any atom is 0.272 e. The summed E-state index contributed by atoms with van der Waals surface area (Å²) in [7, 11) is 0. The van der Waals surface area contributed by atoms with E-state index in [0.717, 1.165) is 22.4 Å². The maximum atomic E-state index is 13.0. The Hall–Kier alpha value is -3.09. The third-order valence-corrected chi connectivity index (χ3v) is 4.88. The normalized spacial score (nSPS) is 16.2.